The molecule has 1 unspecified atom stereocenters. The maximum atomic E-state index is 11.3. The summed E-state index contributed by atoms with van der Waals surface area (Å²) in [4.78, 5) is 10.6. The van der Waals surface area contributed by atoms with Crippen LogP contribution >= 0.6 is 11.6 Å². The highest BCUT2D eigenvalue weighted by Crippen LogP contribution is 2.29. The monoisotopic (exact) mass is 215 g/mol. The highest BCUT2D eigenvalue weighted by atomic mass is 35.5. The number of quaternary nitrogens is 1. The molecule has 0 saturated carbocycles. The first-order chi connectivity index (χ1) is 6.59. The predicted octanol–water partition coefficient (Wildman–Crippen LogP) is 0.585. The van der Waals surface area contributed by atoms with E-state index in [2.05, 4.69) is 0 Å². The molecule has 2 rings (SSSR count). The average molecular weight is 216 g/mol. The molecular formula is C8H6ClNO4. The van der Waals surface area contributed by atoms with Gasteiger partial charge in [0.2, 0.25) is 11.5 Å². The minimum absolute atomic E-state index is 0.153. The average Bonchev–Trinajstić information content (AvgIpc) is 2.57. The Morgan fingerprint density at radius 3 is 3.00 bits per heavy atom. The van der Waals surface area contributed by atoms with Crippen LogP contribution in [0.1, 0.15) is 16.3 Å². The van der Waals surface area contributed by atoms with E-state index >= 15 is 0 Å². The summed E-state index contributed by atoms with van der Waals surface area (Å²) in [7, 11) is 0. The molecule has 0 saturated heterocycles. The van der Waals surface area contributed by atoms with Gasteiger partial charge in [0, 0.05) is 0 Å². The second-order valence-electron chi connectivity index (χ2n) is 2.84. The van der Waals surface area contributed by atoms with Gasteiger partial charge in [0.05, 0.1) is 11.1 Å². The maximum absolute atomic E-state index is 11.3. The van der Waals surface area contributed by atoms with Crippen LogP contribution in [0.4, 0.5) is 5.69 Å². The fraction of sp³-hybridized carbons (Fsp3) is 0.125. The minimum atomic E-state index is -1.21. The molecule has 1 aliphatic heterocycles. The Kier molecular flexibility index (Phi) is 2.07. The van der Waals surface area contributed by atoms with Crippen LogP contribution in [0.5, 0.6) is 0 Å². The lowest BCUT2D eigenvalue weighted by atomic mass is 10.2. The molecule has 0 amide bonds. The summed E-state index contributed by atoms with van der Waals surface area (Å²) < 4.78 is 4.93. The second-order valence-corrected chi connectivity index (χ2v) is 3.25. The van der Waals surface area contributed by atoms with Crippen LogP contribution in [0.15, 0.2) is 16.6 Å². The van der Waals surface area contributed by atoms with Crippen molar-refractivity contribution in [1.82, 2.24) is 0 Å². The van der Waals surface area contributed by atoms with Crippen LogP contribution in [0, 0.1) is 5.21 Å². The van der Waals surface area contributed by atoms with Crippen molar-refractivity contribution in [3.8, 4) is 0 Å². The number of aromatic carboxylic acids is 1. The van der Waals surface area contributed by atoms with Gasteiger partial charge in [0.15, 0.2) is 5.69 Å². The highest BCUT2D eigenvalue weighted by Gasteiger charge is 2.25. The molecule has 0 bridgehead atoms. The van der Waals surface area contributed by atoms with Crippen molar-refractivity contribution in [2.45, 2.75) is 0 Å². The number of carbonyl (C=O) groups is 1. The molecule has 0 aromatic carbocycles. The van der Waals surface area contributed by atoms with E-state index in [1.54, 1.807) is 0 Å². The largest absolute Gasteiger partial charge is 0.629 e. The Morgan fingerprint density at radius 1 is 1.71 bits per heavy atom. The number of hydrogen-bond donors (Lipinski definition) is 2. The molecule has 0 aliphatic carbocycles. The standard InChI is InChI=1S/C8H6ClNO4/c9-4-1-2-10(13)5-3-6(8(11)12)14-7(4)5/h1,3,10H,2H2,(H,11,12). The molecule has 14 heavy (non-hydrogen) atoms. The third kappa shape index (κ3) is 1.31. The van der Waals surface area contributed by atoms with Gasteiger partial charge in [-0.1, -0.05) is 11.6 Å². The number of hydroxylamine groups is 1. The van der Waals surface area contributed by atoms with Crippen LogP contribution in [0.2, 0.25) is 0 Å². The summed E-state index contributed by atoms with van der Waals surface area (Å²) in [6.45, 7) is 0.185. The Balaban J connectivity index is 2.54. The van der Waals surface area contributed by atoms with Gasteiger partial charge >= 0.3 is 5.97 Å². The molecule has 0 fully saturated rings. The van der Waals surface area contributed by atoms with Crippen LogP contribution in [0.3, 0.4) is 0 Å². The Hall–Kier alpha value is -1.30. The van der Waals surface area contributed by atoms with Crippen LogP contribution in [0.25, 0.3) is 5.03 Å². The summed E-state index contributed by atoms with van der Waals surface area (Å²) in [5.74, 6) is -1.33. The smallest absolute Gasteiger partial charge is 0.372 e. The van der Waals surface area contributed by atoms with E-state index in [-0.39, 0.29) is 33.8 Å². The van der Waals surface area contributed by atoms with E-state index in [1.807, 2.05) is 0 Å². The first kappa shape index (κ1) is 9.26. The molecule has 1 aliphatic rings. The zero-order valence-corrected chi connectivity index (χ0v) is 7.67. The normalized spacial score (nSPS) is 20.1. The summed E-state index contributed by atoms with van der Waals surface area (Å²) >= 11 is 5.75. The molecule has 2 N–H and O–H groups in total. The molecule has 1 aromatic rings. The van der Waals surface area contributed by atoms with Crippen molar-refractivity contribution in [2.24, 2.45) is 0 Å². The lowest BCUT2D eigenvalue weighted by molar-refractivity contribution is -0.769. The van der Waals surface area contributed by atoms with Gasteiger partial charge in [-0.3, -0.25) is 0 Å². The maximum Gasteiger partial charge on any atom is 0.372 e. The molecular weight excluding hydrogens is 210 g/mol. The fourth-order valence-corrected chi connectivity index (χ4v) is 1.48. The first-order valence-electron chi connectivity index (χ1n) is 3.86. The van der Waals surface area contributed by atoms with Crippen molar-refractivity contribution in [3.63, 3.8) is 0 Å². The van der Waals surface area contributed by atoms with E-state index in [4.69, 9.17) is 21.1 Å². The number of nitrogens with one attached hydrogen (secondary N) is 1. The molecule has 6 heteroatoms. The Morgan fingerprint density at radius 2 is 2.43 bits per heavy atom. The van der Waals surface area contributed by atoms with E-state index < -0.39 is 5.97 Å². The number of carboxylic acids is 1. The van der Waals surface area contributed by atoms with Gasteiger partial charge in [-0.05, 0) is 6.08 Å². The highest BCUT2D eigenvalue weighted by molar-refractivity contribution is 6.48. The SMILES string of the molecule is O=C(O)c1cc2c(o1)C(Cl)=CC[NH+]2[O-]. The molecule has 1 atom stereocenters. The van der Waals surface area contributed by atoms with E-state index in [1.165, 1.54) is 12.1 Å². The zero-order valence-electron chi connectivity index (χ0n) is 6.91. The van der Waals surface area contributed by atoms with Gasteiger partial charge in [-0.15, -0.1) is 0 Å². The molecule has 1 aromatic heterocycles. The van der Waals surface area contributed by atoms with Crippen molar-refractivity contribution in [3.05, 3.63) is 28.9 Å². The predicted molar refractivity (Wildman–Crippen MR) is 48.4 cm³/mol. The molecule has 74 valence electrons. The molecule has 0 radical (unpaired) electrons. The topological polar surface area (TPSA) is 77.9 Å². The van der Waals surface area contributed by atoms with Crippen molar-refractivity contribution in [1.29, 1.82) is 0 Å². The lowest BCUT2D eigenvalue weighted by Gasteiger charge is -2.22. The van der Waals surface area contributed by atoms with Crippen LogP contribution < -0.4 is 5.06 Å². The number of furan rings is 1. The molecule has 2 heterocycles. The van der Waals surface area contributed by atoms with Gasteiger partial charge in [-0.25, -0.2) is 4.79 Å². The summed E-state index contributed by atoms with van der Waals surface area (Å²) in [5.41, 5.74) is 0.245. The van der Waals surface area contributed by atoms with Gasteiger partial charge < -0.3 is 19.8 Å². The number of hydrogen-bond acceptors (Lipinski definition) is 3. The van der Waals surface area contributed by atoms with E-state index in [0.717, 1.165) is 0 Å². The van der Waals surface area contributed by atoms with Crippen LogP contribution in [-0.2, 0) is 0 Å². The third-order valence-corrected chi connectivity index (χ3v) is 2.25. The molecule has 0 spiro atoms. The summed E-state index contributed by atoms with van der Waals surface area (Å²) in [6.07, 6.45) is 1.50. The van der Waals surface area contributed by atoms with E-state index in [9.17, 15) is 10.0 Å². The van der Waals surface area contributed by atoms with E-state index in [0.29, 0.717) is 0 Å². The van der Waals surface area contributed by atoms with Crippen molar-refractivity contribution >= 4 is 28.3 Å². The third-order valence-electron chi connectivity index (χ3n) is 1.93. The summed E-state index contributed by atoms with van der Waals surface area (Å²) in [6, 6.07) is 1.20. The quantitative estimate of drug-likeness (QED) is 0.672. The van der Waals surface area contributed by atoms with Gasteiger partial charge in [0.1, 0.15) is 6.54 Å². The lowest BCUT2D eigenvalue weighted by Crippen LogP contribution is -3.02. The van der Waals surface area contributed by atoms with Gasteiger partial charge in [-0.2, -0.15) is 0 Å². The first-order valence-corrected chi connectivity index (χ1v) is 4.23. The number of fused-ring (bicyclic) bond motifs is 1. The summed E-state index contributed by atoms with van der Waals surface area (Å²) in [5, 5.41) is 20.1. The Bertz CT molecular complexity index is 423. The van der Waals surface area contributed by atoms with Crippen LogP contribution in [-0.4, -0.2) is 17.6 Å². The number of halogens is 1. The van der Waals surface area contributed by atoms with Gasteiger partial charge in [0.25, 0.3) is 0 Å². The zero-order chi connectivity index (χ0) is 10.3. The Labute approximate surface area is 83.8 Å². The minimum Gasteiger partial charge on any atom is -0.629 e. The van der Waals surface area contributed by atoms with Crippen molar-refractivity contribution in [2.75, 3.05) is 6.54 Å². The fourth-order valence-electron chi connectivity index (χ4n) is 1.27. The molecule has 5 nitrogen and oxygen atoms in total. The van der Waals surface area contributed by atoms with Crippen molar-refractivity contribution < 1.29 is 19.4 Å². The number of rotatable bonds is 1. The second kappa shape index (κ2) is 3.13. The number of carboxylic acid groups (broad SMARTS) is 1.